The van der Waals surface area contributed by atoms with Crippen molar-refractivity contribution in [2.45, 2.75) is 0 Å². The molecule has 0 bridgehead atoms. The fourth-order valence-corrected chi connectivity index (χ4v) is 3.84. The Balaban J connectivity index is 1.85. The smallest absolute Gasteiger partial charge is 0.399 e. The van der Waals surface area contributed by atoms with E-state index in [1.807, 2.05) is 0 Å². The third-order valence-electron chi connectivity index (χ3n) is 4.19. The van der Waals surface area contributed by atoms with Crippen molar-refractivity contribution in [2.75, 3.05) is 18.1 Å². The SMILES string of the molecule is CP(=O)(On1c(=O)c(=O)[nH]c2cc(N)ccc21)On1c(=O)c(=O)[nH]c2cc(N)ccc21. The first-order chi connectivity index (χ1) is 14.6. The number of hydrogen-bond donors (Lipinski definition) is 4. The fourth-order valence-electron chi connectivity index (χ4n) is 2.89. The van der Waals surface area contributed by atoms with Gasteiger partial charge in [-0.1, -0.05) is 0 Å². The summed E-state index contributed by atoms with van der Waals surface area (Å²) in [6, 6.07) is 8.33. The number of nitrogens with zero attached hydrogens (tertiary/aromatic N) is 2. The van der Waals surface area contributed by atoms with Gasteiger partial charge >= 0.3 is 29.8 Å². The summed E-state index contributed by atoms with van der Waals surface area (Å²) in [5.74, 6) is 0. The van der Waals surface area contributed by atoms with Crippen LogP contribution in [-0.2, 0) is 4.57 Å². The Hall–Kier alpha value is -4.25. The van der Waals surface area contributed by atoms with Crippen molar-refractivity contribution >= 4 is 41.0 Å². The van der Waals surface area contributed by atoms with Crippen molar-refractivity contribution in [3.05, 3.63) is 77.8 Å². The van der Waals surface area contributed by atoms with Crippen molar-refractivity contribution in [3.8, 4) is 0 Å². The molecule has 0 unspecified atom stereocenters. The highest BCUT2D eigenvalue weighted by molar-refractivity contribution is 7.53. The van der Waals surface area contributed by atoms with Gasteiger partial charge in [0.15, 0.2) is 0 Å². The Morgan fingerprint density at radius 1 is 0.774 bits per heavy atom. The summed E-state index contributed by atoms with van der Waals surface area (Å²) in [5.41, 5.74) is 7.82. The fraction of sp³-hybridized carbons (Fsp3) is 0.0588. The van der Waals surface area contributed by atoms with Crippen molar-refractivity contribution in [1.29, 1.82) is 0 Å². The Bertz CT molecular complexity index is 1530. The average Bonchev–Trinajstić information content (AvgIpc) is 2.68. The molecule has 4 aromatic rings. The Labute approximate surface area is 170 Å². The molecule has 0 saturated carbocycles. The molecule has 2 aromatic heterocycles. The third kappa shape index (κ3) is 3.57. The lowest BCUT2D eigenvalue weighted by Gasteiger charge is -2.19. The topological polar surface area (TPSA) is 197 Å². The summed E-state index contributed by atoms with van der Waals surface area (Å²) in [5, 5.41) is 0. The Kier molecular flexibility index (Phi) is 4.47. The van der Waals surface area contributed by atoms with Crippen LogP contribution in [0.5, 0.6) is 0 Å². The zero-order valence-corrected chi connectivity index (χ0v) is 16.7. The molecule has 0 fully saturated rings. The van der Waals surface area contributed by atoms with Crippen LogP contribution in [0, 0.1) is 0 Å². The molecular weight excluding hydrogens is 431 g/mol. The number of aromatic amines is 2. The molecule has 0 spiro atoms. The van der Waals surface area contributed by atoms with Crippen molar-refractivity contribution in [3.63, 3.8) is 0 Å². The van der Waals surface area contributed by atoms with Crippen LogP contribution in [0.3, 0.4) is 0 Å². The molecule has 0 amide bonds. The van der Waals surface area contributed by atoms with Crippen LogP contribution in [0.2, 0.25) is 0 Å². The van der Waals surface area contributed by atoms with E-state index < -0.39 is 29.8 Å². The Morgan fingerprint density at radius 2 is 1.16 bits per heavy atom. The van der Waals surface area contributed by atoms with E-state index in [1.165, 1.54) is 36.4 Å². The van der Waals surface area contributed by atoms with Gasteiger partial charge in [-0.2, -0.15) is 0 Å². The maximum atomic E-state index is 13.1. The van der Waals surface area contributed by atoms with Crippen LogP contribution in [0.25, 0.3) is 22.1 Å². The second kappa shape index (κ2) is 6.92. The first-order valence-electron chi connectivity index (χ1n) is 8.62. The molecule has 4 rings (SSSR count). The van der Waals surface area contributed by atoms with E-state index in [1.54, 1.807) is 0 Å². The number of benzene rings is 2. The van der Waals surface area contributed by atoms with Gasteiger partial charge < -0.3 is 30.7 Å². The summed E-state index contributed by atoms with van der Waals surface area (Å²) in [6.07, 6.45) is 0. The van der Waals surface area contributed by atoms with Crippen molar-refractivity contribution in [1.82, 2.24) is 19.4 Å². The molecule has 2 heterocycles. The summed E-state index contributed by atoms with van der Waals surface area (Å²) >= 11 is 0. The second-order valence-electron chi connectivity index (χ2n) is 6.60. The van der Waals surface area contributed by atoms with Gasteiger partial charge in [0.25, 0.3) is 0 Å². The lowest BCUT2D eigenvalue weighted by Crippen LogP contribution is -2.42. The van der Waals surface area contributed by atoms with Crippen molar-refractivity contribution < 1.29 is 13.8 Å². The minimum atomic E-state index is -4.30. The van der Waals surface area contributed by atoms with E-state index in [-0.39, 0.29) is 22.1 Å². The van der Waals surface area contributed by atoms with Crippen LogP contribution >= 0.6 is 7.60 Å². The molecule has 2 aromatic carbocycles. The van der Waals surface area contributed by atoms with Crippen LogP contribution in [0.15, 0.2) is 55.6 Å². The van der Waals surface area contributed by atoms with E-state index >= 15 is 0 Å². The number of fused-ring (bicyclic) bond motifs is 2. The lowest BCUT2D eigenvalue weighted by atomic mass is 10.3. The van der Waals surface area contributed by atoms with E-state index in [9.17, 15) is 23.7 Å². The van der Waals surface area contributed by atoms with Gasteiger partial charge in [-0.05, 0) is 36.4 Å². The molecule has 6 N–H and O–H groups in total. The molecule has 31 heavy (non-hydrogen) atoms. The summed E-state index contributed by atoms with van der Waals surface area (Å²) in [6.45, 7) is 0.959. The van der Waals surface area contributed by atoms with Crippen LogP contribution < -0.4 is 43.0 Å². The van der Waals surface area contributed by atoms with Crippen LogP contribution in [-0.4, -0.2) is 26.1 Å². The van der Waals surface area contributed by atoms with Gasteiger partial charge in [0, 0.05) is 11.4 Å². The number of anilines is 2. The zero-order valence-electron chi connectivity index (χ0n) is 15.8. The molecule has 0 aliphatic rings. The second-order valence-corrected chi connectivity index (χ2v) is 8.46. The summed E-state index contributed by atoms with van der Waals surface area (Å²) in [4.78, 5) is 53.2. The predicted octanol–water partition coefficient (Wildman–Crippen LogP) is -0.762. The number of rotatable bonds is 4. The highest BCUT2D eigenvalue weighted by Crippen LogP contribution is 2.36. The lowest BCUT2D eigenvalue weighted by molar-refractivity contribution is 0.178. The minimum absolute atomic E-state index is 0.0420. The molecule has 0 aliphatic carbocycles. The van der Waals surface area contributed by atoms with Gasteiger partial charge in [0.2, 0.25) is 0 Å². The monoisotopic (exact) mass is 446 g/mol. The highest BCUT2D eigenvalue weighted by Gasteiger charge is 2.26. The van der Waals surface area contributed by atoms with Crippen LogP contribution in [0.1, 0.15) is 0 Å². The average molecular weight is 446 g/mol. The van der Waals surface area contributed by atoms with Gasteiger partial charge in [-0.3, -0.25) is 19.2 Å². The first kappa shape index (κ1) is 20.0. The summed E-state index contributed by atoms with van der Waals surface area (Å²) in [7, 11) is -4.30. The Morgan fingerprint density at radius 3 is 1.55 bits per heavy atom. The summed E-state index contributed by atoms with van der Waals surface area (Å²) < 4.78 is 24.5. The highest BCUT2D eigenvalue weighted by atomic mass is 31.2. The quantitative estimate of drug-likeness (QED) is 0.177. The molecule has 160 valence electrons. The molecule has 0 radical (unpaired) electrons. The molecule has 0 saturated heterocycles. The minimum Gasteiger partial charge on any atom is -0.399 e. The molecule has 0 atom stereocenters. The van der Waals surface area contributed by atoms with Gasteiger partial charge in [0.05, 0.1) is 17.7 Å². The predicted molar refractivity (Wildman–Crippen MR) is 113 cm³/mol. The van der Waals surface area contributed by atoms with Crippen molar-refractivity contribution in [2.24, 2.45) is 0 Å². The van der Waals surface area contributed by atoms with E-state index in [2.05, 4.69) is 9.97 Å². The molecule has 13 nitrogen and oxygen atoms in total. The van der Waals surface area contributed by atoms with E-state index in [0.717, 1.165) is 6.66 Å². The molecule has 0 aliphatic heterocycles. The van der Waals surface area contributed by atoms with Gasteiger partial charge in [0.1, 0.15) is 11.0 Å². The first-order valence-corrected chi connectivity index (χ1v) is 10.6. The van der Waals surface area contributed by atoms with Crippen LogP contribution in [0.4, 0.5) is 11.4 Å². The van der Waals surface area contributed by atoms with Gasteiger partial charge in [-0.15, -0.1) is 9.46 Å². The maximum Gasteiger partial charge on any atom is 0.464 e. The number of nitrogens with two attached hydrogens (primary N) is 2. The number of nitrogen functional groups attached to an aromatic ring is 2. The normalized spacial score (nSPS) is 11.6. The van der Waals surface area contributed by atoms with Gasteiger partial charge in [-0.25, -0.2) is 4.57 Å². The number of aromatic nitrogens is 4. The van der Waals surface area contributed by atoms with E-state index in [0.29, 0.717) is 20.8 Å². The van der Waals surface area contributed by atoms with E-state index in [4.69, 9.17) is 20.7 Å². The molecule has 14 heteroatoms. The largest absolute Gasteiger partial charge is 0.464 e. The zero-order chi connectivity index (χ0) is 22.5. The molecular formula is C17H15N6O7P. The third-order valence-corrected chi connectivity index (χ3v) is 5.11. The number of H-pyrrole nitrogens is 2. The number of hydrogen-bond acceptors (Lipinski definition) is 9. The maximum absolute atomic E-state index is 13.1. The number of nitrogens with one attached hydrogen (secondary N) is 2. The standard InChI is InChI=1S/C17H15N6O7P/c1-31(28,29-22-12-4-2-8(18)6-10(12)20-14(24)16(22)26)30-23-13-5-3-9(19)7-11(13)21-15(25)17(23)27/h2-7H,18-19H2,1H3,(H,20,24)(H,21,25).